The third-order valence-electron chi connectivity index (χ3n) is 4.55. The van der Waals surface area contributed by atoms with Crippen molar-refractivity contribution in [2.45, 2.75) is 24.1 Å². The van der Waals surface area contributed by atoms with Gasteiger partial charge < -0.3 is 14.8 Å². The van der Waals surface area contributed by atoms with Crippen molar-refractivity contribution in [1.29, 1.82) is 0 Å². The lowest BCUT2D eigenvalue weighted by molar-refractivity contribution is -0.118. The van der Waals surface area contributed by atoms with E-state index in [1.165, 1.54) is 14.2 Å². The molecule has 3 rings (SSSR count). The smallest absolute Gasteiger partial charge is 0.245 e. The van der Waals surface area contributed by atoms with Gasteiger partial charge in [0, 0.05) is 17.7 Å². The molecule has 0 aromatic heterocycles. The van der Waals surface area contributed by atoms with Crippen LogP contribution in [0.4, 0.5) is 14.5 Å². The van der Waals surface area contributed by atoms with Gasteiger partial charge in [-0.25, -0.2) is 17.2 Å². The third-order valence-corrected chi connectivity index (χ3v) is 5.95. The van der Waals surface area contributed by atoms with Crippen LogP contribution in [0.15, 0.2) is 36.4 Å². The number of sulfonamides is 1. The number of anilines is 1. The van der Waals surface area contributed by atoms with Crippen LogP contribution in [0.1, 0.15) is 18.4 Å². The SMILES string of the molecule is COc1ccc(NC(=O)C2(NS(=O)(=O)Cc3ccc(F)cc3F)CC2)c(OC)c1. The van der Waals surface area contributed by atoms with Crippen LogP contribution in [0.2, 0.25) is 0 Å². The molecule has 0 aliphatic heterocycles. The first-order chi connectivity index (χ1) is 13.7. The van der Waals surface area contributed by atoms with Gasteiger partial charge in [0.25, 0.3) is 0 Å². The van der Waals surface area contributed by atoms with E-state index in [2.05, 4.69) is 10.0 Å². The highest BCUT2D eigenvalue weighted by Gasteiger charge is 2.52. The Morgan fingerprint density at radius 3 is 2.41 bits per heavy atom. The Hall–Kier alpha value is -2.72. The second-order valence-electron chi connectivity index (χ2n) is 6.70. The van der Waals surface area contributed by atoms with Gasteiger partial charge in [0.1, 0.15) is 28.7 Å². The number of carbonyl (C=O) groups is 1. The van der Waals surface area contributed by atoms with Gasteiger partial charge >= 0.3 is 0 Å². The average Bonchev–Trinajstić information content (AvgIpc) is 3.44. The summed E-state index contributed by atoms with van der Waals surface area (Å²) in [5.41, 5.74) is -1.15. The van der Waals surface area contributed by atoms with E-state index in [4.69, 9.17) is 9.47 Å². The van der Waals surface area contributed by atoms with Crippen LogP contribution in [0, 0.1) is 11.6 Å². The lowest BCUT2D eigenvalue weighted by Gasteiger charge is -2.19. The monoisotopic (exact) mass is 426 g/mol. The minimum atomic E-state index is -4.05. The highest BCUT2D eigenvalue weighted by molar-refractivity contribution is 7.88. The molecule has 7 nitrogen and oxygen atoms in total. The number of halogens is 2. The van der Waals surface area contributed by atoms with Gasteiger partial charge in [-0.3, -0.25) is 4.79 Å². The molecular formula is C19H20F2N2O5S. The van der Waals surface area contributed by atoms with Crippen molar-refractivity contribution in [2.75, 3.05) is 19.5 Å². The maximum absolute atomic E-state index is 13.8. The van der Waals surface area contributed by atoms with Crippen molar-refractivity contribution in [3.8, 4) is 11.5 Å². The number of amides is 1. The molecular weight excluding hydrogens is 406 g/mol. The number of rotatable bonds is 8. The fourth-order valence-corrected chi connectivity index (χ4v) is 4.43. The molecule has 0 heterocycles. The molecule has 0 spiro atoms. The summed E-state index contributed by atoms with van der Waals surface area (Å²) in [4.78, 5) is 12.7. The van der Waals surface area contributed by atoms with E-state index >= 15 is 0 Å². The average molecular weight is 426 g/mol. The van der Waals surface area contributed by atoms with Gasteiger partial charge in [-0.05, 0) is 31.0 Å². The summed E-state index contributed by atoms with van der Waals surface area (Å²) >= 11 is 0. The Morgan fingerprint density at radius 2 is 1.83 bits per heavy atom. The molecule has 0 unspecified atom stereocenters. The molecule has 0 bridgehead atoms. The first kappa shape index (κ1) is 21.0. The topological polar surface area (TPSA) is 93.7 Å². The molecule has 2 aromatic rings. The van der Waals surface area contributed by atoms with Crippen LogP contribution in [0.5, 0.6) is 11.5 Å². The molecule has 0 radical (unpaired) electrons. The molecule has 1 aliphatic rings. The summed E-state index contributed by atoms with van der Waals surface area (Å²) < 4.78 is 64.4. The maximum Gasteiger partial charge on any atom is 0.245 e. The van der Waals surface area contributed by atoms with Crippen LogP contribution in [-0.2, 0) is 20.6 Å². The minimum Gasteiger partial charge on any atom is -0.497 e. The summed E-state index contributed by atoms with van der Waals surface area (Å²) in [5, 5.41) is 2.65. The largest absolute Gasteiger partial charge is 0.497 e. The predicted octanol–water partition coefficient (Wildman–Crippen LogP) is 2.57. The first-order valence-electron chi connectivity index (χ1n) is 8.67. The summed E-state index contributed by atoms with van der Waals surface area (Å²) in [6.07, 6.45) is 0.588. The molecule has 1 fully saturated rings. The maximum atomic E-state index is 13.8. The molecule has 0 atom stereocenters. The van der Waals surface area contributed by atoms with E-state index in [0.29, 0.717) is 36.1 Å². The number of benzene rings is 2. The zero-order valence-electron chi connectivity index (χ0n) is 15.8. The summed E-state index contributed by atoms with van der Waals surface area (Å²) in [6.45, 7) is 0. The van der Waals surface area contributed by atoms with Gasteiger partial charge in [0.2, 0.25) is 15.9 Å². The fraction of sp³-hybridized carbons (Fsp3) is 0.316. The van der Waals surface area contributed by atoms with E-state index in [1.807, 2.05) is 0 Å². The second-order valence-corrected chi connectivity index (χ2v) is 8.42. The van der Waals surface area contributed by atoms with Crippen molar-refractivity contribution in [3.05, 3.63) is 53.6 Å². The van der Waals surface area contributed by atoms with E-state index in [-0.39, 0.29) is 5.56 Å². The van der Waals surface area contributed by atoms with E-state index in [9.17, 15) is 22.0 Å². The lowest BCUT2D eigenvalue weighted by atomic mass is 10.2. The predicted molar refractivity (Wildman–Crippen MR) is 102 cm³/mol. The molecule has 10 heteroatoms. The van der Waals surface area contributed by atoms with Crippen molar-refractivity contribution in [2.24, 2.45) is 0 Å². The first-order valence-corrected chi connectivity index (χ1v) is 10.3. The Kier molecular flexibility index (Phi) is 5.76. The number of carbonyl (C=O) groups excluding carboxylic acids is 1. The van der Waals surface area contributed by atoms with Crippen LogP contribution in [-0.4, -0.2) is 34.1 Å². The number of nitrogens with one attached hydrogen (secondary N) is 2. The number of hydrogen-bond donors (Lipinski definition) is 2. The zero-order valence-corrected chi connectivity index (χ0v) is 16.6. The highest BCUT2D eigenvalue weighted by atomic mass is 32.2. The third kappa shape index (κ3) is 4.83. The summed E-state index contributed by atoms with van der Waals surface area (Å²) in [6, 6.07) is 7.43. The number of ether oxygens (including phenoxy) is 2. The molecule has 156 valence electrons. The summed E-state index contributed by atoms with van der Waals surface area (Å²) in [5.74, 6) is -2.15. The van der Waals surface area contributed by atoms with Crippen molar-refractivity contribution in [1.82, 2.24) is 4.72 Å². The van der Waals surface area contributed by atoms with E-state index in [0.717, 1.165) is 12.1 Å². The molecule has 2 N–H and O–H groups in total. The number of methoxy groups -OCH3 is 2. The lowest BCUT2D eigenvalue weighted by Crippen LogP contribution is -2.46. The van der Waals surface area contributed by atoms with Gasteiger partial charge in [-0.1, -0.05) is 6.07 Å². The van der Waals surface area contributed by atoms with Gasteiger partial charge in [-0.15, -0.1) is 0 Å². The van der Waals surface area contributed by atoms with Gasteiger partial charge in [0.05, 0.1) is 25.7 Å². The molecule has 1 amide bonds. The van der Waals surface area contributed by atoms with Crippen LogP contribution in [0.25, 0.3) is 0 Å². The molecule has 29 heavy (non-hydrogen) atoms. The quantitative estimate of drug-likeness (QED) is 0.677. The molecule has 1 aliphatic carbocycles. The van der Waals surface area contributed by atoms with E-state index < -0.39 is 38.9 Å². The standard InChI is InChI=1S/C19H20F2N2O5S/c1-27-14-5-6-16(17(10-14)28-2)22-18(24)19(7-8-19)23-29(25,26)11-12-3-4-13(20)9-15(12)21/h3-6,9-10,23H,7-8,11H2,1-2H3,(H,22,24). The summed E-state index contributed by atoms with van der Waals surface area (Å²) in [7, 11) is -1.13. The normalized spacial score (nSPS) is 14.9. The van der Waals surface area contributed by atoms with Crippen molar-refractivity contribution < 1.29 is 31.5 Å². The number of hydrogen-bond acceptors (Lipinski definition) is 5. The Labute approximate surface area is 167 Å². The van der Waals surface area contributed by atoms with Crippen LogP contribution < -0.4 is 19.5 Å². The van der Waals surface area contributed by atoms with Crippen LogP contribution in [0.3, 0.4) is 0 Å². The van der Waals surface area contributed by atoms with Gasteiger partial charge in [0.15, 0.2) is 0 Å². The zero-order chi connectivity index (χ0) is 21.2. The van der Waals surface area contributed by atoms with Crippen LogP contribution >= 0.6 is 0 Å². The molecule has 1 saturated carbocycles. The van der Waals surface area contributed by atoms with Crippen molar-refractivity contribution >= 4 is 21.6 Å². The fourth-order valence-electron chi connectivity index (χ4n) is 2.82. The Bertz CT molecular complexity index is 1040. The Balaban J connectivity index is 1.73. The molecule has 0 saturated heterocycles. The minimum absolute atomic E-state index is 0.188. The Morgan fingerprint density at radius 1 is 1.10 bits per heavy atom. The van der Waals surface area contributed by atoms with Crippen molar-refractivity contribution in [3.63, 3.8) is 0 Å². The molecule has 2 aromatic carbocycles. The van der Waals surface area contributed by atoms with E-state index in [1.54, 1.807) is 18.2 Å². The van der Waals surface area contributed by atoms with Gasteiger partial charge in [-0.2, -0.15) is 4.72 Å². The second kappa shape index (κ2) is 7.96. The highest BCUT2D eigenvalue weighted by Crippen LogP contribution is 2.39.